The smallest absolute Gasteiger partial charge is 0.410 e. The maximum absolute atomic E-state index is 13.0. The van der Waals surface area contributed by atoms with Crippen molar-refractivity contribution < 1.29 is 29.0 Å². The fourth-order valence-corrected chi connectivity index (χ4v) is 5.74. The molecule has 198 valence electrons. The van der Waals surface area contributed by atoms with E-state index in [1.165, 1.54) is 4.90 Å². The normalized spacial score (nSPS) is 24.2. The van der Waals surface area contributed by atoms with Crippen molar-refractivity contribution in [2.24, 2.45) is 5.41 Å². The van der Waals surface area contributed by atoms with Crippen LogP contribution in [-0.4, -0.2) is 88.4 Å². The Morgan fingerprint density at radius 1 is 0.972 bits per heavy atom. The molecule has 2 aliphatic heterocycles. The maximum atomic E-state index is 13.0. The molecule has 1 spiro atoms. The van der Waals surface area contributed by atoms with E-state index in [1.807, 2.05) is 51.1 Å². The van der Waals surface area contributed by atoms with Crippen LogP contribution in [0.25, 0.3) is 0 Å². The number of rotatable bonds is 4. The van der Waals surface area contributed by atoms with Crippen LogP contribution in [0.3, 0.4) is 0 Å². The summed E-state index contributed by atoms with van der Waals surface area (Å²) in [7, 11) is 0. The van der Waals surface area contributed by atoms with Crippen molar-refractivity contribution in [2.45, 2.75) is 70.7 Å². The number of piperidine rings is 1. The molecule has 3 fully saturated rings. The van der Waals surface area contributed by atoms with Gasteiger partial charge in [-0.2, -0.15) is 0 Å². The summed E-state index contributed by atoms with van der Waals surface area (Å²) in [5, 5.41) is 11.9. The number of amides is 3. The standard InChI is InChI=1S/C27H39N3O6/c1-25(2,3)36-24(33)30-14-13-27(34,26(19-30)11-7-8-12-26)20-29-16-15-28(17-22(29)31)23(32)35-18-21-9-5-4-6-10-21/h4-6,9-10,34H,7-8,11-20H2,1-3H3. The lowest BCUT2D eigenvalue weighted by atomic mass is 9.65. The zero-order valence-electron chi connectivity index (χ0n) is 21.7. The fraction of sp³-hybridized carbons (Fsp3) is 0.667. The second-order valence-electron chi connectivity index (χ2n) is 11.4. The van der Waals surface area contributed by atoms with Gasteiger partial charge >= 0.3 is 12.2 Å². The molecule has 1 atom stereocenters. The number of β-amino-alcohol motifs (C(OH)–C–C–N with tert-alkyl or cyclic N) is 1. The highest BCUT2D eigenvalue weighted by Crippen LogP contribution is 2.51. The summed E-state index contributed by atoms with van der Waals surface area (Å²) in [6.45, 7) is 7.34. The number of hydrogen-bond donors (Lipinski definition) is 1. The molecule has 3 aliphatic rings. The molecule has 9 heteroatoms. The third-order valence-corrected chi connectivity index (χ3v) is 7.72. The number of aliphatic hydroxyl groups is 1. The number of piperazine rings is 1. The van der Waals surface area contributed by atoms with Gasteiger partial charge in [-0.25, -0.2) is 9.59 Å². The van der Waals surface area contributed by atoms with Crippen LogP contribution in [-0.2, 0) is 20.9 Å². The molecule has 9 nitrogen and oxygen atoms in total. The topological polar surface area (TPSA) is 99.6 Å². The third kappa shape index (κ3) is 5.77. The van der Waals surface area contributed by atoms with E-state index in [1.54, 1.807) is 9.80 Å². The first-order chi connectivity index (χ1) is 17.0. The lowest BCUT2D eigenvalue weighted by Gasteiger charge is -2.53. The van der Waals surface area contributed by atoms with Crippen LogP contribution in [0.15, 0.2) is 30.3 Å². The number of nitrogens with zero attached hydrogens (tertiary/aromatic N) is 3. The Balaban J connectivity index is 1.36. The lowest BCUT2D eigenvalue weighted by molar-refractivity contribution is -0.161. The van der Waals surface area contributed by atoms with E-state index in [4.69, 9.17) is 9.47 Å². The molecule has 0 radical (unpaired) electrons. The highest BCUT2D eigenvalue weighted by atomic mass is 16.6. The summed E-state index contributed by atoms with van der Waals surface area (Å²) in [5.41, 5.74) is -1.25. The van der Waals surface area contributed by atoms with Gasteiger partial charge in [-0.1, -0.05) is 43.2 Å². The number of carbonyl (C=O) groups excluding carboxylic acids is 3. The minimum absolute atomic E-state index is 0.0687. The second-order valence-corrected chi connectivity index (χ2v) is 11.4. The van der Waals surface area contributed by atoms with Crippen LogP contribution >= 0.6 is 0 Å². The zero-order chi connectivity index (χ0) is 26.0. The first-order valence-corrected chi connectivity index (χ1v) is 12.9. The largest absolute Gasteiger partial charge is 0.445 e. The predicted molar refractivity (Wildman–Crippen MR) is 133 cm³/mol. The Morgan fingerprint density at radius 3 is 2.31 bits per heavy atom. The third-order valence-electron chi connectivity index (χ3n) is 7.72. The summed E-state index contributed by atoms with van der Waals surface area (Å²) in [6.07, 6.45) is 3.11. The van der Waals surface area contributed by atoms with E-state index in [2.05, 4.69) is 0 Å². The van der Waals surface area contributed by atoms with Gasteiger partial charge in [0.1, 0.15) is 18.8 Å². The van der Waals surface area contributed by atoms with E-state index in [9.17, 15) is 19.5 Å². The SMILES string of the molecule is CC(C)(C)OC(=O)N1CCC(O)(CN2CCN(C(=O)OCc3ccccc3)CC2=O)C2(CCCC2)C1. The molecule has 3 amide bonds. The molecule has 1 saturated carbocycles. The molecule has 1 N–H and O–H groups in total. The summed E-state index contributed by atoms with van der Waals surface area (Å²) >= 11 is 0. The van der Waals surface area contributed by atoms with Gasteiger partial charge in [0.2, 0.25) is 5.91 Å². The Bertz CT molecular complexity index is 956. The fourth-order valence-electron chi connectivity index (χ4n) is 5.74. The van der Waals surface area contributed by atoms with Gasteiger partial charge in [0.15, 0.2) is 0 Å². The van der Waals surface area contributed by atoms with Crippen molar-refractivity contribution in [3.63, 3.8) is 0 Å². The van der Waals surface area contributed by atoms with Crippen molar-refractivity contribution in [2.75, 3.05) is 39.3 Å². The van der Waals surface area contributed by atoms with Gasteiger partial charge in [-0.05, 0) is 45.6 Å². The van der Waals surface area contributed by atoms with Gasteiger partial charge in [-0.3, -0.25) is 9.69 Å². The Kier molecular flexibility index (Phi) is 7.50. The van der Waals surface area contributed by atoms with E-state index in [-0.39, 0.29) is 31.7 Å². The summed E-state index contributed by atoms with van der Waals surface area (Å²) in [4.78, 5) is 43.1. The van der Waals surface area contributed by atoms with Gasteiger partial charge in [0, 0.05) is 31.6 Å². The Morgan fingerprint density at radius 2 is 1.67 bits per heavy atom. The van der Waals surface area contributed by atoms with Crippen LogP contribution in [0.5, 0.6) is 0 Å². The second kappa shape index (κ2) is 10.3. The molecule has 1 aliphatic carbocycles. The monoisotopic (exact) mass is 501 g/mol. The Hall–Kier alpha value is -2.81. The molecule has 36 heavy (non-hydrogen) atoms. The lowest BCUT2D eigenvalue weighted by Crippen LogP contribution is -2.66. The minimum atomic E-state index is -1.09. The molecule has 4 rings (SSSR count). The molecule has 2 saturated heterocycles. The summed E-state index contributed by atoms with van der Waals surface area (Å²) < 4.78 is 11.0. The number of likely N-dealkylation sites (tertiary alicyclic amines) is 1. The van der Waals surface area contributed by atoms with E-state index in [0.717, 1.165) is 31.2 Å². The highest BCUT2D eigenvalue weighted by Gasteiger charge is 2.56. The molecule has 0 bridgehead atoms. The van der Waals surface area contributed by atoms with E-state index in [0.29, 0.717) is 32.6 Å². The number of hydrogen-bond acceptors (Lipinski definition) is 6. The maximum Gasteiger partial charge on any atom is 0.410 e. The minimum Gasteiger partial charge on any atom is -0.445 e. The van der Waals surface area contributed by atoms with E-state index < -0.39 is 22.7 Å². The Labute approximate surface area is 213 Å². The molecular weight excluding hydrogens is 462 g/mol. The van der Waals surface area contributed by atoms with Crippen molar-refractivity contribution in [1.82, 2.24) is 14.7 Å². The molecule has 1 aromatic carbocycles. The summed E-state index contributed by atoms with van der Waals surface area (Å²) in [5.74, 6) is -0.200. The van der Waals surface area contributed by atoms with Crippen LogP contribution in [0.4, 0.5) is 9.59 Å². The van der Waals surface area contributed by atoms with Gasteiger partial charge in [0.25, 0.3) is 0 Å². The summed E-state index contributed by atoms with van der Waals surface area (Å²) in [6, 6.07) is 9.42. The average molecular weight is 502 g/mol. The highest BCUT2D eigenvalue weighted by molar-refractivity contribution is 5.83. The number of carbonyl (C=O) groups is 3. The van der Waals surface area contributed by atoms with Gasteiger partial charge in [-0.15, -0.1) is 0 Å². The quantitative estimate of drug-likeness (QED) is 0.679. The molecule has 0 aromatic heterocycles. The predicted octanol–water partition coefficient (Wildman–Crippen LogP) is 3.40. The van der Waals surface area contributed by atoms with Crippen molar-refractivity contribution in [3.8, 4) is 0 Å². The van der Waals surface area contributed by atoms with Gasteiger partial charge < -0.3 is 24.4 Å². The molecule has 1 aromatic rings. The van der Waals surface area contributed by atoms with Crippen LogP contribution in [0.1, 0.15) is 58.4 Å². The van der Waals surface area contributed by atoms with E-state index >= 15 is 0 Å². The number of benzene rings is 1. The molecule has 2 heterocycles. The van der Waals surface area contributed by atoms with Crippen molar-refractivity contribution >= 4 is 18.1 Å². The zero-order valence-corrected chi connectivity index (χ0v) is 21.7. The van der Waals surface area contributed by atoms with Gasteiger partial charge in [0.05, 0.1) is 12.1 Å². The number of ether oxygens (including phenoxy) is 2. The van der Waals surface area contributed by atoms with Crippen LogP contribution in [0, 0.1) is 5.41 Å². The van der Waals surface area contributed by atoms with Crippen LogP contribution < -0.4 is 0 Å². The first kappa shape index (κ1) is 26.3. The average Bonchev–Trinajstić information content (AvgIpc) is 3.30. The molecule has 1 unspecified atom stereocenters. The van der Waals surface area contributed by atoms with Crippen LogP contribution in [0.2, 0.25) is 0 Å². The van der Waals surface area contributed by atoms with Crippen molar-refractivity contribution in [1.29, 1.82) is 0 Å². The van der Waals surface area contributed by atoms with Crippen molar-refractivity contribution in [3.05, 3.63) is 35.9 Å². The first-order valence-electron chi connectivity index (χ1n) is 12.9. The molecular formula is C27H39N3O6.